The lowest BCUT2D eigenvalue weighted by molar-refractivity contribution is 1.26. The number of hydrogen-bond acceptors (Lipinski definition) is 1. The topological polar surface area (TPSA) is 32.9 Å². The number of rotatable bonds is 1. The smallest absolute Gasteiger partial charge is 0.256 e. The molecule has 0 amide bonds. The van der Waals surface area contributed by atoms with E-state index in [-0.39, 0.29) is 5.56 Å². The van der Waals surface area contributed by atoms with Crippen molar-refractivity contribution in [2.24, 2.45) is 0 Å². The normalized spacial score (nSPS) is 10.8. The van der Waals surface area contributed by atoms with Crippen molar-refractivity contribution in [3.8, 4) is 11.1 Å². The number of aromatic amines is 1. The number of hydrogen-bond donors (Lipinski definition) is 1. The van der Waals surface area contributed by atoms with Crippen LogP contribution in [-0.2, 0) is 0 Å². The molecular weight excluding hydrogens is 234 g/mol. The van der Waals surface area contributed by atoms with Crippen LogP contribution in [0.4, 0.5) is 0 Å². The number of nitrogens with one attached hydrogen (secondary N) is 1. The van der Waals surface area contributed by atoms with Crippen LogP contribution in [-0.4, -0.2) is 4.98 Å². The van der Waals surface area contributed by atoms with Crippen LogP contribution in [0.2, 0.25) is 0 Å². The van der Waals surface area contributed by atoms with Crippen molar-refractivity contribution in [1.82, 2.24) is 4.98 Å². The molecule has 0 fully saturated rings. The van der Waals surface area contributed by atoms with E-state index in [2.05, 4.69) is 24.0 Å². The Labute approximate surface area is 111 Å². The second-order valence-electron chi connectivity index (χ2n) is 4.85. The first-order valence-corrected chi connectivity index (χ1v) is 6.35. The van der Waals surface area contributed by atoms with Gasteiger partial charge in [-0.1, -0.05) is 42.5 Å². The lowest BCUT2D eigenvalue weighted by Gasteiger charge is -2.08. The molecular formula is C17H15NO. The van der Waals surface area contributed by atoms with E-state index in [1.165, 1.54) is 5.56 Å². The maximum absolute atomic E-state index is 12.2. The van der Waals surface area contributed by atoms with E-state index in [9.17, 15) is 4.79 Å². The van der Waals surface area contributed by atoms with E-state index >= 15 is 0 Å². The van der Waals surface area contributed by atoms with Crippen molar-refractivity contribution in [2.75, 3.05) is 0 Å². The molecule has 0 aliphatic heterocycles. The molecule has 3 aromatic rings. The molecule has 0 aliphatic carbocycles. The second-order valence-corrected chi connectivity index (χ2v) is 4.85. The van der Waals surface area contributed by atoms with E-state index in [0.717, 1.165) is 27.6 Å². The summed E-state index contributed by atoms with van der Waals surface area (Å²) in [5.41, 5.74) is 4.89. The van der Waals surface area contributed by atoms with Crippen LogP contribution >= 0.6 is 0 Å². The highest BCUT2D eigenvalue weighted by Gasteiger charge is 2.07. The van der Waals surface area contributed by atoms with Gasteiger partial charge in [-0.3, -0.25) is 4.79 Å². The van der Waals surface area contributed by atoms with Gasteiger partial charge < -0.3 is 4.98 Å². The van der Waals surface area contributed by atoms with Crippen LogP contribution in [0.25, 0.3) is 22.0 Å². The van der Waals surface area contributed by atoms with Gasteiger partial charge in [0.05, 0.1) is 5.52 Å². The van der Waals surface area contributed by atoms with Crippen LogP contribution in [0.15, 0.2) is 53.3 Å². The summed E-state index contributed by atoms with van der Waals surface area (Å²) in [6.07, 6.45) is 0. The van der Waals surface area contributed by atoms with Gasteiger partial charge >= 0.3 is 0 Å². The van der Waals surface area contributed by atoms with Crippen LogP contribution in [0.3, 0.4) is 0 Å². The van der Waals surface area contributed by atoms with Gasteiger partial charge in [0.15, 0.2) is 0 Å². The molecule has 0 saturated heterocycles. The Morgan fingerprint density at radius 1 is 0.947 bits per heavy atom. The Kier molecular flexibility index (Phi) is 2.71. The summed E-state index contributed by atoms with van der Waals surface area (Å²) in [5, 5.41) is 1.07. The van der Waals surface area contributed by atoms with Gasteiger partial charge in [0.1, 0.15) is 0 Å². The predicted octanol–water partition coefficient (Wildman–Crippen LogP) is 3.81. The Morgan fingerprint density at radius 3 is 2.42 bits per heavy atom. The molecule has 2 aromatic carbocycles. The average Bonchev–Trinajstić information content (AvgIpc) is 2.44. The SMILES string of the molecule is Cc1ccc2cc(-c3ccccc3)c(=O)[nH]c2c1C. The third kappa shape index (κ3) is 1.95. The summed E-state index contributed by atoms with van der Waals surface area (Å²) in [5.74, 6) is 0. The van der Waals surface area contributed by atoms with Gasteiger partial charge in [0, 0.05) is 5.56 Å². The molecule has 2 heteroatoms. The van der Waals surface area contributed by atoms with E-state index < -0.39 is 0 Å². The minimum absolute atomic E-state index is 0.0348. The number of aromatic nitrogens is 1. The molecule has 94 valence electrons. The molecule has 0 saturated carbocycles. The number of benzene rings is 2. The monoisotopic (exact) mass is 249 g/mol. The average molecular weight is 249 g/mol. The Hall–Kier alpha value is -2.35. The van der Waals surface area contributed by atoms with Gasteiger partial charge in [0.25, 0.3) is 5.56 Å². The number of fused-ring (bicyclic) bond motifs is 1. The lowest BCUT2D eigenvalue weighted by Crippen LogP contribution is -2.09. The van der Waals surface area contributed by atoms with E-state index in [1.807, 2.05) is 43.3 Å². The molecule has 1 N–H and O–H groups in total. The van der Waals surface area contributed by atoms with Crippen LogP contribution in [0.1, 0.15) is 11.1 Å². The first-order chi connectivity index (χ1) is 9.16. The molecule has 0 bridgehead atoms. The van der Waals surface area contributed by atoms with E-state index in [4.69, 9.17) is 0 Å². The minimum atomic E-state index is -0.0348. The summed E-state index contributed by atoms with van der Waals surface area (Å²) in [6.45, 7) is 4.09. The summed E-state index contributed by atoms with van der Waals surface area (Å²) in [4.78, 5) is 15.3. The van der Waals surface area contributed by atoms with Crippen molar-refractivity contribution >= 4 is 10.9 Å². The second kappa shape index (κ2) is 4.39. The third-order valence-electron chi connectivity index (χ3n) is 3.64. The first-order valence-electron chi connectivity index (χ1n) is 6.35. The molecule has 1 aromatic heterocycles. The van der Waals surface area contributed by atoms with Gasteiger partial charge in [-0.15, -0.1) is 0 Å². The maximum atomic E-state index is 12.2. The Balaban J connectivity index is 2.33. The van der Waals surface area contributed by atoms with Gasteiger partial charge in [-0.05, 0) is 42.0 Å². The molecule has 1 heterocycles. The molecule has 19 heavy (non-hydrogen) atoms. The molecule has 3 rings (SSSR count). The predicted molar refractivity (Wildman–Crippen MR) is 79.5 cm³/mol. The first kappa shape index (κ1) is 11.7. The van der Waals surface area contributed by atoms with E-state index in [1.54, 1.807) is 0 Å². The fourth-order valence-electron chi connectivity index (χ4n) is 2.36. The number of pyridine rings is 1. The highest BCUT2D eigenvalue weighted by molar-refractivity contribution is 5.86. The third-order valence-corrected chi connectivity index (χ3v) is 3.64. The van der Waals surface area contributed by atoms with Crippen LogP contribution in [0.5, 0.6) is 0 Å². The summed E-state index contributed by atoms with van der Waals surface area (Å²) in [7, 11) is 0. The molecule has 2 nitrogen and oxygen atoms in total. The van der Waals surface area contributed by atoms with Crippen molar-refractivity contribution in [2.45, 2.75) is 13.8 Å². The zero-order chi connectivity index (χ0) is 13.4. The maximum Gasteiger partial charge on any atom is 0.256 e. The van der Waals surface area contributed by atoms with Crippen molar-refractivity contribution < 1.29 is 0 Å². The lowest BCUT2D eigenvalue weighted by atomic mass is 10.0. The summed E-state index contributed by atoms with van der Waals surface area (Å²) >= 11 is 0. The standard InChI is InChI=1S/C17H15NO/c1-11-8-9-14-10-15(13-6-4-3-5-7-13)17(19)18-16(14)12(11)2/h3-10H,1-2H3,(H,18,19). The molecule has 0 atom stereocenters. The minimum Gasteiger partial charge on any atom is -0.321 e. The zero-order valence-corrected chi connectivity index (χ0v) is 11.0. The fourth-order valence-corrected chi connectivity index (χ4v) is 2.36. The highest BCUT2D eigenvalue weighted by Crippen LogP contribution is 2.22. The van der Waals surface area contributed by atoms with E-state index in [0.29, 0.717) is 0 Å². The largest absolute Gasteiger partial charge is 0.321 e. The van der Waals surface area contributed by atoms with Crippen molar-refractivity contribution in [3.05, 3.63) is 70.0 Å². The fraction of sp³-hybridized carbons (Fsp3) is 0.118. The van der Waals surface area contributed by atoms with Crippen LogP contribution in [0, 0.1) is 13.8 Å². The molecule has 0 unspecified atom stereocenters. The van der Waals surface area contributed by atoms with Gasteiger partial charge in [-0.25, -0.2) is 0 Å². The molecule has 0 spiro atoms. The number of aryl methyl sites for hydroxylation is 2. The highest BCUT2D eigenvalue weighted by atomic mass is 16.1. The quantitative estimate of drug-likeness (QED) is 0.699. The summed E-state index contributed by atoms with van der Waals surface area (Å²) < 4.78 is 0. The molecule has 0 aliphatic rings. The number of H-pyrrole nitrogens is 1. The van der Waals surface area contributed by atoms with Gasteiger partial charge in [-0.2, -0.15) is 0 Å². The zero-order valence-electron chi connectivity index (χ0n) is 11.0. The van der Waals surface area contributed by atoms with Crippen LogP contribution < -0.4 is 5.56 Å². The Bertz CT molecular complexity index is 801. The van der Waals surface area contributed by atoms with Crippen molar-refractivity contribution in [3.63, 3.8) is 0 Å². The van der Waals surface area contributed by atoms with Crippen molar-refractivity contribution in [1.29, 1.82) is 0 Å². The Morgan fingerprint density at radius 2 is 1.68 bits per heavy atom. The van der Waals surface area contributed by atoms with Gasteiger partial charge in [0.2, 0.25) is 0 Å². The molecule has 0 radical (unpaired) electrons. The summed E-state index contributed by atoms with van der Waals surface area (Å²) in [6, 6.07) is 15.9.